The van der Waals surface area contributed by atoms with Gasteiger partial charge in [-0.3, -0.25) is 4.79 Å². The number of hydrogen-bond acceptors (Lipinski definition) is 6. The molecule has 0 radical (unpaired) electrons. The van der Waals surface area contributed by atoms with Gasteiger partial charge >= 0.3 is 18.2 Å². The van der Waals surface area contributed by atoms with Gasteiger partial charge in [0, 0.05) is 13.1 Å². The molecule has 22 heavy (non-hydrogen) atoms. The summed E-state index contributed by atoms with van der Waals surface area (Å²) < 4.78 is 14.5. The number of carbonyl (C=O) groups is 3. The van der Waals surface area contributed by atoms with Crippen molar-refractivity contribution in [2.75, 3.05) is 33.4 Å². The van der Waals surface area contributed by atoms with E-state index in [9.17, 15) is 14.4 Å². The maximum Gasteiger partial charge on any atom is 0.407 e. The molecular weight excluding hydrogens is 292 g/mol. The smallest absolute Gasteiger partial charge is 0.407 e. The van der Waals surface area contributed by atoms with Crippen LogP contribution in [-0.2, 0) is 19.0 Å². The van der Waals surface area contributed by atoms with Gasteiger partial charge in [0.2, 0.25) is 0 Å². The Morgan fingerprint density at radius 2 is 1.41 bits per heavy atom. The molecule has 0 heterocycles. The van der Waals surface area contributed by atoms with Crippen molar-refractivity contribution in [2.24, 2.45) is 5.41 Å². The molecule has 0 bridgehead atoms. The van der Waals surface area contributed by atoms with Gasteiger partial charge in [-0.15, -0.1) is 13.2 Å². The first-order chi connectivity index (χ1) is 10.4. The predicted molar refractivity (Wildman–Crippen MR) is 79.2 cm³/mol. The standard InChI is InChI=1S/C14H22N2O6/c1-5-7-15-12(18)21-9-14(3,11(17)20-4)10-22-13(19)16-8-6-2/h5-6H,1-2,7-10H2,3-4H3,(H,15,18)(H,16,19). The van der Waals surface area contributed by atoms with Crippen molar-refractivity contribution >= 4 is 18.2 Å². The Bertz CT molecular complexity index is 394. The molecule has 0 fully saturated rings. The highest BCUT2D eigenvalue weighted by Crippen LogP contribution is 2.20. The zero-order chi connectivity index (χ0) is 17.0. The van der Waals surface area contributed by atoms with Crippen molar-refractivity contribution in [3.63, 3.8) is 0 Å². The first kappa shape index (κ1) is 19.5. The second-order valence-electron chi connectivity index (χ2n) is 4.54. The summed E-state index contributed by atoms with van der Waals surface area (Å²) in [6, 6.07) is 0. The summed E-state index contributed by atoms with van der Waals surface area (Å²) >= 11 is 0. The van der Waals surface area contributed by atoms with Crippen LogP contribution >= 0.6 is 0 Å². The SMILES string of the molecule is C=CCNC(=O)OCC(C)(COC(=O)NCC=C)C(=O)OC. The molecule has 8 nitrogen and oxygen atoms in total. The first-order valence-corrected chi connectivity index (χ1v) is 6.51. The molecule has 0 aromatic carbocycles. The fourth-order valence-electron chi connectivity index (χ4n) is 1.27. The Kier molecular flexibility index (Phi) is 9.08. The largest absolute Gasteiger partial charge is 0.468 e. The third kappa shape index (κ3) is 7.32. The highest BCUT2D eigenvalue weighted by atomic mass is 16.6. The Hall–Kier alpha value is -2.51. The minimum Gasteiger partial charge on any atom is -0.468 e. The molecule has 124 valence electrons. The van der Waals surface area contributed by atoms with Crippen LogP contribution < -0.4 is 10.6 Å². The van der Waals surface area contributed by atoms with Crippen molar-refractivity contribution in [1.29, 1.82) is 0 Å². The summed E-state index contributed by atoms with van der Waals surface area (Å²) in [4.78, 5) is 34.6. The monoisotopic (exact) mass is 314 g/mol. The number of alkyl carbamates (subject to hydrolysis) is 2. The molecule has 0 aromatic rings. The number of ether oxygens (including phenoxy) is 3. The fourth-order valence-corrected chi connectivity index (χ4v) is 1.27. The Labute approximate surface area is 129 Å². The van der Waals surface area contributed by atoms with Crippen LogP contribution in [0.3, 0.4) is 0 Å². The number of nitrogens with one attached hydrogen (secondary N) is 2. The van der Waals surface area contributed by atoms with E-state index < -0.39 is 23.6 Å². The van der Waals surface area contributed by atoms with E-state index in [4.69, 9.17) is 9.47 Å². The van der Waals surface area contributed by atoms with Gasteiger partial charge in [0.25, 0.3) is 0 Å². The van der Waals surface area contributed by atoms with E-state index in [1.54, 1.807) is 0 Å². The molecule has 0 aliphatic rings. The van der Waals surface area contributed by atoms with E-state index >= 15 is 0 Å². The Balaban J connectivity index is 4.55. The van der Waals surface area contributed by atoms with E-state index in [0.29, 0.717) is 0 Å². The number of hydrogen-bond donors (Lipinski definition) is 2. The zero-order valence-corrected chi connectivity index (χ0v) is 12.8. The lowest BCUT2D eigenvalue weighted by molar-refractivity contribution is -0.156. The average Bonchev–Trinajstić information content (AvgIpc) is 2.53. The third-order valence-corrected chi connectivity index (χ3v) is 2.50. The van der Waals surface area contributed by atoms with Gasteiger partial charge in [-0.25, -0.2) is 9.59 Å². The molecule has 0 aliphatic heterocycles. The Morgan fingerprint density at radius 1 is 1.00 bits per heavy atom. The molecule has 0 saturated carbocycles. The molecule has 0 atom stereocenters. The quantitative estimate of drug-likeness (QED) is 0.374. The van der Waals surface area contributed by atoms with E-state index in [-0.39, 0.29) is 26.3 Å². The van der Waals surface area contributed by atoms with Crippen LogP contribution in [0.15, 0.2) is 25.3 Å². The van der Waals surface area contributed by atoms with Gasteiger partial charge in [-0.2, -0.15) is 0 Å². The van der Waals surface area contributed by atoms with Crippen LogP contribution in [0.25, 0.3) is 0 Å². The van der Waals surface area contributed by atoms with Crippen LogP contribution in [0.1, 0.15) is 6.92 Å². The normalized spacial score (nSPS) is 10.1. The van der Waals surface area contributed by atoms with E-state index in [0.717, 1.165) is 0 Å². The molecule has 0 unspecified atom stereocenters. The van der Waals surface area contributed by atoms with Crippen LogP contribution in [0, 0.1) is 5.41 Å². The zero-order valence-electron chi connectivity index (χ0n) is 12.8. The number of amides is 2. The van der Waals surface area contributed by atoms with Gasteiger partial charge in [-0.05, 0) is 6.92 Å². The van der Waals surface area contributed by atoms with Crippen molar-refractivity contribution < 1.29 is 28.6 Å². The van der Waals surface area contributed by atoms with Gasteiger partial charge in [0.15, 0.2) is 0 Å². The van der Waals surface area contributed by atoms with E-state index in [1.807, 2.05) is 0 Å². The topological polar surface area (TPSA) is 103 Å². The minimum atomic E-state index is -1.31. The average molecular weight is 314 g/mol. The molecule has 0 spiro atoms. The summed E-state index contributed by atoms with van der Waals surface area (Å²) in [7, 11) is 1.19. The maximum atomic E-state index is 11.8. The highest BCUT2D eigenvalue weighted by Gasteiger charge is 2.38. The van der Waals surface area contributed by atoms with E-state index in [1.165, 1.54) is 26.2 Å². The number of methoxy groups -OCH3 is 1. The minimum absolute atomic E-state index is 0.230. The lowest BCUT2D eigenvalue weighted by atomic mass is 9.93. The van der Waals surface area contributed by atoms with E-state index in [2.05, 4.69) is 28.5 Å². The predicted octanol–water partition coefficient (Wildman–Crippen LogP) is 0.990. The number of esters is 1. The van der Waals surface area contributed by atoms with Crippen molar-refractivity contribution in [1.82, 2.24) is 10.6 Å². The fraction of sp³-hybridized carbons (Fsp3) is 0.500. The second-order valence-corrected chi connectivity index (χ2v) is 4.54. The third-order valence-electron chi connectivity index (χ3n) is 2.50. The van der Waals surface area contributed by atoms with Crippen LogP contribution in [-0.4, -0.2) is 51.6 Å². The van der Waals surface area contributed by atoms with Crippen LogP contribution in [0.2, 0.25) is 0 Å². The van der Waals surface area contributed by atoms with Crippen molar-refractivity contribution in [3.8, 4) is 0 Å². The molecule has 2 N–H and O–H groups in total. The van der Waals surface area contributed by atoms with Crippen LogP contribution in [0.4, 0.5) is 9.59 Å². The lowest BCUT2D eigenvalue weighted by Crippen LogP contribution is -2.42. The van der Waals surface area contributed by atoms with Gasteiger partial charge in [0.05, 0.1) is 7.11 Å². The molecule has 0 aliphatic carbocycles. The lowest BCUT2D eigenvalue weighted by Gasteiger charge is -2.25. The second kappa shape index (κ2) is 10.3. The Morgan fingerprint density at radius 3 is 1.73 bits per heavy atom. The summed E-state index contributed by atoms with van der Waals surface area (Å²) in [5, 5.41) is 4.78. The first-order valence-electron chi connectivity index (χ1n) is 6.51. The van der Waals surface area contributed by atoms with Crippen molar-refractivity contribution in [3.05, 3.63) is 25.3 Å². The number of rotatable bonds is 9. The molecule has 0 aromatic heterocycles. The summed E-state index contributed by atoms with van der Waals surface area (Å²) in [5.74, 6) is -0.666. The molecule has 2 amide bonds. The van der Waals surface area contributed by atoms with Gasteiger partial charge in [-0.1, -0.05) is 12.2 Å². The maximum absolute atomic E-state index is 11.8. The van der Waals surface area contributed by atoms with Crippen molar-refractivity contribution in [2.45, 2.75) is 6.92 Å². The molecule has 0 saturated heterocycles. The molecule has 8 heteroatoms. The summed E-state index contributed by atoms with van der Waals surface area (Å²) in [5.41, 5.74) is -1.31. The summed E-state index contributed by atoms with van der Waals surface area (Å²) in [6.45, 7) is 8.18. The van der Waals surface area contributed by atoms with Crippen LogP contribution in [0.5, 0.6) is 0 Å². The number of carbonyl (C=O) groups excluding carboxylic acids is 3. The highest BCUT2D eigenvalue weighted by molar-refractivity contribution is 5.78. The summed E-state index contributed by atoms with van der Waals surface area (Å²) in [6.07, 6.45) is 1.53. The van der Waals surface area contributed by atoms with Gasteiger partial charge in [0.1, 0.15) is 18.6 Å². The molecule has 0 rings (SSSR count). The van der Waals surface area contributed by atoms with Gasteiger partial charge < -0.3 is 24.8 Å². The molecular formula is C14H22N2O6.